The lowest BCUT2D eigenvalue weighted by Crippen LogP contribution is -2.46. The van der Waals surface area contributed by atoms with Crippen LogP contribution >= 0.6 is 0 Å². The number of aliphatic hydroxyl groups is 2. The number of benzene rings is 3. The van der Waals surface area contributed by atoms with Gasteiger partial charge in [0, 0.05) is 87.3 Å². The van der Waals surface area contributed by atoms with Gasteiger partial charge in [-0.1, -0.05) is 45.9 Å². The second-order valence-electron chi connectivity index (χ2n) is 17.3. The van der Waals surface area contributed by atoms with E-state index in [4.69, 9.17) is 33.1 Å². The number of aliphatic hydroxyl groups excluding tert-OH is 2. The molecule has 1 aliphatic carbocycles. The lowest BCUT2D eigenvalue weighted by Gasteiger charge is -2.38. The van der Waals surface area contributed by atoms with Gasteiger partial charge in [0.2, 0.25) is 11.3 Å². The summed E-state index contributed by atoms with van der Waals surface area (Å²) in [6.45, 7) is 14.0. The molecule has 354 valence electrons. The average Bonchev–Trinajstić information content (AvgIpc) is 3.53. The minimum Gasteiger partial charge on any atom is -0.507 e. The van der Waals surface area contributed by atoms with Crippen LogP contribution in [0.2, 0.25) is 0 Å². The monoisotopic (exact) mass is 915 g/mol. The summed E-state index contributed by atoms with van der Waals surface area (Å²) in [5.41, 5.74) is -1.95. The van der Waals surface area contributed by atoms with Crippen LogP contribution in [0.5, 0.6) is 23.0 Å². The number of Topliss-reactive ketones (excluding diaryl/α,β-unsaturated/α-hetero) is 1. The van der Waals surface area contributed by atoms with Crippen molar-refractivity contribution in [3.05, 3.63) is 69.6 Å². The maximum atomic E-state index is 14.7. The zero-order valence-electron chi connectivity index (χ0n) is 38.7. The number of methoxy groups -OCH3 is 1. The molecule has 0 aromatic heterocycles. The van der Waals surface area contributed by atoms with Gasteiger partial charge in [-0.3, -0.25) is 24.0 Å². The summed E-state index contributed by atoms with van der Waals surface area (Å²) in [7, 11) is 3.02. The van der Waals surface area contributed by atoms with E-state index < -0.39 is 99.5 Å². The molecule has 5 N–H and O–H groups in total. The van der Waals surface area contributed by atoms with Gasteiger partial charge in [-0.05, 0) is 19.9 Å². The molecule has 4 aliphatic rings. The number of nitrogens with one attached hydrogen (secondary N) is 1. The highest BCUT2D eigenvalue weighted by Gasteiger charge is 2.50. The van der Waals surface area contributed by atoms with Gasteiger partial charge >= 0.3 is 11.8 Å². The van der Waals surface area contributed by atoms with Crippen molar-refractivity contribution in [2.75, 3.05) is 32.6 Å². The summed E-state index contributed by atoms with van der Waals surface area (Å²) in [5.74, 6) is -8.47. The fourth-order valence-electron chi connectivity index (χ4n) is 8.41. The Bertz CT molecular complexity index is 2710. The van der Waals surface area contributed by atoms with E-state index in [1.165, 1.54) is 77.2 Å². The summed E-state index contributed by atoms with van der Waals surface area (Å²) in [5, 5.41) is 48.0. The standard InChI is InChI=1S/C48H57N3O15/c1-21-13-12-14-22(2)47(60)50-38-42(58)34-33(37-45(38)65-32-20-29(19-30(54)36(32)49-37)62-18-16-51(10)27(7)52)35-44(26(6)41(34)57)66-48(9,46(35)59)63-17-15-31(61-11)23(3)43(64-28(8)53)25(5)40(56)24(4)39(21)55/h12-15,17,19-21,23-25,31,39-40,43,54-57H,16,18H2,1-11H3,(H,50,60)/b13-12+,17-15+,22-14-/t21-,23+,24+,25+,31-,39-,40+,43+,48-/m0/s1. The number of aromatic nitrogens is 1. The number of hydrogen-bond donors (Lipinski definition) is 5. The topological polar surface area (TPSA) is 254 Å². The highest BCUT2D eigenvalue weighted by atomic mass is 16.7. The summed E-state index contributed by atoms with van der Waals surface area (Å²) < 4.78 is 35.9. The summed E-state index contributed by atoms with van der Waals surface area (Å²) in [4.78, 5) is 73.7. The van der Waals surface area contributed by atoms with E-state index >= 15 is 0 Å². The number of likely N-dealkylation sites (N-methyl/N-ethyl adjacent to an activating group) is 1. The van der Waals surface area contributed by atoms with Crippen molar-refractivity contribution >= 4 is 51.1 Å². The molecule has 0 fully saturated rings. The highest BCUT2D eigenvalue weighted by Crippen LogP contribution is 2.51. The average molecular weight is 916 g/mol. The number of ketones is 1. The minimum atomic E-state index is -2.11. The lowest BCUT2D eigenvalue weighted by atomic mass is 9.78. The van der Waals surface area contributed by atoms with Gasteiger partial charge in [0.15, 0.2) is 11.3 Å². The van der Waals surface area contributed by atoms with Crippen LogP contribution in [0.4, 0.5) is 5.69 Å². The Morgan fingerprint density at radius 1 is 0.970 bits per heavy atom. The summed E-state index contributed by atoms with van der Waals surface area (Å²) >= 11 is 0. The van der Waals surface area contributed by atoms with Gasteiger partial charge < -0.3 is 58.7 Å². The molecule has 3 heterocycles. The second kappa shape index (κ2) is 19.1. The Labute approximate surface area is 380 Å². The van der Waals surface area contributed by atoms with Gasteiger partial charge in [-0.25, -0.2) is 4.98 Å². The van der Waals surface area contributed by atoms with E-state index in [0.717, 1.165) is 0 Å². The third-order valence-electron chi connectivity index (χ3n) is 12.6. The minimum absolute atomic E-state index is 0.00825. The van der Waals surface area contributed by atoms with Crippen molar-refractivity contribution in [2.45, 2.75) is 92.5 Å². The van der Waals surface area contributed by atoms with Gasteiger partial charge in [0.1, 0.15) is 52.6 Å². The van der Waals surface area contributed by atoms with Crippen LogP contribution in [0.3, 0.4) is 0 Å². The quantitative estimate of drug-likeness (QED) is 0.0908. The summed E-state index contributed by atoms with van der Waals surface area (Å²) in [6, 6.07) is 2.66. The Kier molecular flexibility index (Phi) is 14.2. The highest BCUT2D eigenvalue weighted by molar-refractivity contribution is 6.22. The third kappa shape index (κ3) is 9.17. The number of hydrogen-bond acceptors (Lipinski definition) is 16. The number of phenols is 2. The van der Waals surface area contributed by atoms with Crippen molar-refractivity contribution < 1.29 is 67.7 Å². The number of allylic oxidation sites excluding steroid dienone is 2. The molecule has 6 rings (SSSR count). The molecular weight excluding hydrogens is 859 g/mol. The molecule has 0 saturated heterocycles. The van der Waals surface area contributed by atoms with Crippen molar-refractivity contribution in [2.24, 2.45) is 23.7 Å². The van der Waals surface area contributed by atoms with Crippen LogP contribution < -0.4 is 20.2 Å². The van der Waals surface area contributed by atoms with Crippen molar-refractivity contribution in [1.29, 1.82) is 0 Å². The number of phenolic OH excluding ortho intramolecular Hbond substituents is 2. The number of amides is 2. The van der Waals surface area contributed by atoms with Crippen LogP contribution in [-0.4, -0.2) is 111 Å². The molecule has 4 bridgehead atoms. The van der Waals surface area contributed by atoms with Gasteiger partial charge in [0.05, 0.1) is 42.1 Å². The third-order valence-corrected chi connectivity index (χ3v) is 12.6. The first-order valence-electron chi connectivity index (χ1n) is 21.5. The summed E-state index contributed by atoms with van der Waals surface area (Å²) in [6.07, 6.45) is 3.25. The number of carbonyl (C=O) groups excluding carboxylic acids is 4. The number of nitrogens with zero attached hydrogens (tertiary/aromatic N) is 2. The first kappa shape index (κ1) is 48.9. The SMILES string of the molecule is CO[C@H]1/C=C/O[C@@]2(C)Oc3c(C)c(O)c4c(=O)c(c5oc6cc(OCCN(C)C(C)=O)cc(O)c6nc-5c4c3C2=O)NC(=O)/C(C)=C\C=C\[C@H](C)[C@H](O)[C@@H](C)[C@@H](O)[C@@H](C)[C@H](OC(C)=O)[C@@H]1C. The first-order chi connectivity index (χ1) is 31.0. The molecule has 2 aromatic carbocycles. The number of rotatable bonds is 6. The molecule has 2 amide bonds. The molecular formula is C48H57N3O15. The van der Waals surface area contributed by atoms with Crippen molar-refractivity contribution in [3.8, 4) is 34.5 Å². The van der Waals surface area contributed by atoms with E-state index in [-0.39, 0.29) is 75.2 Å². The fourth-order valence-corrected chi connectivity index (χ4v) is 8.41. The normalized spacial score (nSPS) is 28.0. The van der Waals surface area contributed by atoms with Crippen molar-refractivity contribution in [1.82, 2.24) is 9.88 Å². The molecule has 0 spiro atoms. The smallest absolute Gasteiger partial charge is 0.312 e. The van der Waals surface area contributed by atoms with Crippen LogP contribution in [0.25, 0.3) is 33.3 Å². The molecule has 18 heteroatoms. The Balaban J connectivity index is 1.58. The Hall–Kier alpha value is -6.50. The molecule has 66 heavy (non-hydrogen) atoms. The molecule has 2 aromatic rings. The van der Waals surface area contributed by atoms with E-state index in [9.17, 15) is 44.4 Å². The molecule has 3 aliphatic heterocycles. The maximum absolute atomic E-state index is 14.7. The van der Waals surface area contributed by atoms with Gasteiger partial charge in [-0.15, -0.1) is 0 Å². The zero-order chi connectivity index (χ0) is 48.7. The predicted octanol–water partition coefficient (Wildman–Crippen LogP) is 5.51. The van der Waals surface area contributed by atoms with Gasteiger partial charge in [0.25, 0.3) is 11.7 Å². The number of fused-ring (bicyclic) bond motifs is 2. The molecule has 0 saturated carbocycles. The number of carbonyl (C=O) groups is 4. The van der Waals surface area contributed by atoms with Crippen LogP contribution in [0, 0.1) is 30.6 Å². The van der Waals surface area contributed by atoms with Crippen LogP contribution in [0.15, 0.2) is 57.5 Å². The van der Waals surface area contributed by atoms with Crippen LogP contribution in [-0.2, 0) is 28.6 Å². The maximum Gasteiger partial charge on any atom is 0.312 e. The van der Waals surface area contributed by atoms with Crippen LogP contribution in [0.1, 0.15) is 71.3 Å². The van der Waals surface area contributed by atoms with E-state index in [0.29, 0.717) is 0 Å². The molecule has 0 unspecified atom stereocenters. The molecule has 18 nitrogen and oxygen atoms in total. The Morgan fingerprint density at radius 3 is 2.32 bits per heavy atom. The van der Waals surface area contributed by atoms with E-state index in [1.807, 2.05) is 0 Å². The number of ether oxygens (including phenoxy) is 5. The number of aromatic hydroxyl groups is 2. The number of anilines is 1. The Morgan fingerprint density at radius 2 is 1.67 bits per heavy atom. The van der Waals surface area contributed by atoms with Gasteiger partial charge in [-0.2, -0.15) is 0 Å². The van der Waals surface area contributed by atoms with E-state index in [1.54, 1.807) is 46.9 Å². The predicted molar refractivity (Wildman–Crippen MR) is 241 cm³/mol. The fraction of sp³-hybridized carbons (Fsp3) is 0.458. The lowest BCUT2D eigenvalue weighted by molar-refractivity contribution is -0.160. The molecule has 9 atom stereocenters. The number of esters is 1. The largest absolute Gasteiger partial charge is 0.507 e. The molecule has 0 radical (unpaired) electrons. The van der Waals surface area contributed by atoms with Crippen molar-refractivity contribution in [3.63, 3.8) is 0 Å². The second-order valence-corrected chi connectivity index (χ2v) is 17.3. The van der Waals surface area contributed by atoms with E-state index in [2.05, 4.69) is 5.32 Å². The zero-order valence-corrected chi connectivity index (χ0v) is 38.7. The first-order valence-corrected chi connectivity index (χ1v) is 21.5.